The Morgan fingerprint density at radius 2 is 1.74 bits per heavy atom. The zero-order chi connectivity index (χ0) is 22.6. The second-order valence-corrected chi connectivity index (χ2v) is 13.0. The quantitative estimate of drug-likeness (QED) is 0.575. The Hall–Kier alpha value is -0.570. The normalized spacial score (nSPS) is 38.2. The number of hydrogen-bond acceptors (Lipinski definition) is 4. The highest BCUT2D eigenvalue weighted by Crippen LogP contribution is 2.41. The number of rotatable bonds is 6. The van der Waals surface area contributed by atoms with Gasteiger partial charge in [0, 0.05) is 41.3 Å². The number of amides is 3. The summed E-state index contributed by atoms with van der Waals surface area (Å²) in [6.07, 6.45) is 5.58. The Kier molecular flexibility index (Phi) is 6.58. The second-order valence-electron chi connectivity index (χ2n) is 9.96. The Balaban J connectivity index is 1.55. The molecule has 3 saturated carbocycles. The Bertz CT molecular complexity index is 824. The van der Waals surface area contributed by atoms with E-state index >= 15 is 0 Å². The van der Waals surface area contributed by atoms with Crippen LogP contribution in [-0.2, 0) is 14.8 Å². The molecule has 31 heavy (non-hydrogen) atoms. The lowest BCUT2D eigenvalue weighted by Gasteiger charge is -2.49. The summed E-state index contributed by atoms with van der Waals surface area (Å²) in [7, 11) is -3.52. The zero-order valence-corrected chi connectivity index (χ0v) is 20.6. The van der Waals surface area contributed by atoms with E-state index in [0.717, 1.165) is 32.1 Å². The first-order valence-electron chi connectivity index (χ1n) is 11.5. The van der Waals surface area contributed by atoms with Gasteiger partial charge in [0.1, 0.15) is 0 Å². The molecule has 0 spiro atoms. The number of fused-ring (bicyclic) bond motifs is 1. The Morgan fingerprint density at radius 1 is 1.10 bits per heavy atom. The molecule has 4 aliphatic rings. The van der Waals surface area contributed by atoms with Gasteiger partial charge in [0.15, 0.2) is 0 Å². The van der Waals surface area contributed by atoms with Crippen molar-refractivity contribution in [3.05, 3.63) is 0 Å². The molecule has 1 aliphatic heterocycles. The largest absolute Gasteiger partial charge is 0.326 e. The van der Waals surface area contributed by atoms with E-state index in [1.165, 1.54) is 4.90 Å². The summed E-state index contributed by atoms with van der Waals surface area (Å²) in [6, 6.07) is -0.586. The fourth-order valence-electron chi connectivity index (χ4n) is 5.47. The maximum Gasteiger partial charge on any atom is 0.326 e. The highest BCUT2D eigenvalue weighted by Gasteiger charge is 2.52. The van der Waals surface area contributed by atoms with E-state index in [4.69, 9.17) is 23.2 Å². The number of alkyl halides is 2. The molecule has 3 aliphatic carbocycles. The molecule has 5 atom stereocenters. The van der Waals surface area contributed by atoms with Crippen LogP contribution in [0.5, 0.6) is 0 Å². The van der Waals surface area contributed by atoms with Crippen molar-refractivity contribution < 1.29 is 18.0 Å². The molecule has 10 heteroatoms. The molecule has 0 aromatic heterocycles. The average Bonchev–Trinajstić information content (AvgIpc) is 3.43. The molecule has 1 saturated heterocycles. The van der Waals surface area contributed by atoms with Crippen molar-refractivity contribution in [3.63, 3.8) is 0 Å². The number of carbonyl (C=O) groups excluding carboxylic acids is 2. The van der Waals surface area contributed by atoms with E-state index in [2.05, 4.69) is 4.72 Å². The van der Waals surface area contributed by atoms with E-state index < -0.39 is 21.2 Å². The molecule has 1 heterocycles. The van der Waals surface area contributed by atoms with E-state index in [9.17, 15) is 18.0 Å². The third-order valence-corrected chi connectivity index (χ3v) is 10.8. The first kappa shape index (κ1) is 23.6. The van der Waals surface area contributed by atoms with E-state index in [1.807, 2.05) is 6.92 Å². The number of urea groups is 1. The molecular weight excluding hydrogens is 461 g/mol. The Labute approximate surface area is 195 Å². The molecule has 176 valence electrons. The van der Waals surface area contributed by atoms with Crippen LogP contribution in [-0.4, -0.2) is 70.8 Å². The Morgan fingerprint density at radius 3 is 2.32 bits per heavy atom. The predicted octanol–water partition coefficient (Wildman–Crippen LogP) is 3.29. The van der Waals surface area contributed by atoms with Gasteiger partial charge in [0.05, 0.1) is 11.2 Å². The smallest absolute Gasteiger partial charge is 0.320 e. The summed E-state index contributed by atoms with van der Waals surface area (Å²) in [5, 5.41) is -0.814. The molecule has 4 rings (SSSR count). The van der Waals surface area contributed by atoms with Gasteiger partial charge >= 0.3 is 6.03 Å². The fourth-order valence-corrected chi connectivity index (χ4v) is 8.33. The fraction of sp³-hybridized carbons (Fsp3) is 0.905. The lowest BCUT2D eigenvalue weighted by atomic mass is 9.79. The number of sulfonamides is 1. The van der Waals surface area contributed by atoms with Gasteiger partial charge in [-0.2, -0.15) is 0 Å². The van der Waals surface area contributed by atoms with Crippen LogP contribution in [0.2, 0.25) is 0 Å². The number of imide groups is 1. The zero-order valence-electron chi connectivity index (χ0n) is 18.2. The van der Waals surface area contributed by atoms with E-state index in [1.54, 1.807) is 11.8 Å². The minimum absolute atomic E-state index is 0.0356. The van der Waals surface area contributed by atoms with Crippen LogP contribution in [0.3, 0.4) is 0 Å². The number of hydrogen-bond donors (Lipinski definition) is 1. The highest BCUT2D eigenvalue weighted by atomic mass is 35.5. The third-order valence-electron chi connectivity index (χ3n) is 7.67. The van der Waals surface area contributed by atoms with Crippen molar-refractivity contribution in [1.29, 1.82) is 0 Å². The summed E-state index contributed by atoms with van der Waals surface area (Å²) in [4.78, 5) is 29.4. The van der Waals surface area contributed by atoms with Crippen LogP contribution >= 0.6 is 23.2 Å². The monoisotopic (exact) mass is 493 g/mol. The lowest BCUT2D eigenvalue weighted by Crippen LogP contribution is -2.65. The summed E-state index contributed by atoms with van der Waals surface area (Å²) >= 11 is 13.2. The number of nitrogens with zero attached hydrogens (tertiary/aromatic N) is 2. The van der Waals surface area contributed by atoms with Gasteiger partial charge < -0.3 is 4.90 Å². The van der Waals surface area contributed by atoms with Gasteiger partial charge in [-0.1, -0.05) is 6.42 Å². The van der Waals surface area contributed by atoms with Crippen molar-refractivity contribution in [2.45, 2.75) is 92.8 Å². The summed E-state index contributed by atoms with van der Waals surface area (Å²) in [5.41, 5.74) is -0.338. The molecule has 3 amide bonds. The topological polar surface area (TPSA) is 86.8 Å². The van der Waals surface area contributed by atoms with E-state index in [0.29, 0.717) is 19.4 Å². The molecule has 1 N–H and O–H groups in total. The molecule has 7 nitrogen and oxygen atoms in total. The van der Waals surface area contributed by atoms with Crippen molar-refractivity contribution in [1.82, 2.24) is 14.5 Å². The molecule has 4 fully saturated rings. The first-order chi connectivity index (χ1) is 14.6. The van der Waals surface area contributed by atoms with Gasteiger partial charge in [-0.05, 0) is 58.8 Å². The highest BCUT2D eigenvalue weighted by molar-refractivity contribution is 7.90. The van der Waals surface area contributed by atoms with Gasteiger partial charge in [0.25, 0.3) is 0 Å². The second kappa shape index (κ2) is 8.65. The SMILES string of the molecule is CCN1C(=O)C2CC(S(=O)(=O)NC3(C)CC3)CCC2N(CC2C(Cl)CCCC2Cl)C1=O. The van der Waals surface area contributed by atoms with Crippen LogP contribution in [0.15, 0.2) is 0 Å². The lowest BCUT2D eigenvalue weighted by molar-refractivity contribution is -0.140. The summed E-state index contributed by atoms with van der Waals surface area (Å²) < 4.78 is 28.8. The number of nitrogens with one attached hydrogen (secondary N) is 1. The average molecular weight is 494 g/mol. The van der Waals surface area contributed by atoms with Crippen molar-refractivity contribution in [3.8, 4) is 0 Å². The molecule has 5 unspecified atom stereocenters. The molecule has 0 radical (unpaired) electrons. The van der Waals surface area contributed by atoms with Crippen LogP contribution < -0.4 is 4.72 Å². The van der Waals surface area contributed by atoms with Gasteiger partial charge in [-0.15, -0.1) is 23.2 Å². The number of halogens is 2. The predicted molar refractivity (Wildman–Crippen MR) is 121 cm³/mol. The van der Waals surface area contributed by atoms with Crippen LogP contribution in [0, 0.1) is 11.8 Å². The first-order valence-corrected chi connectivity index (χ1v) is 13.9. The molecule has 0 aromatic carbocycles. The van der Waals surface area contributed by atoms with Gasteiger partial charge in [0.2, 0.25) is 15.9 Å². The van der Waals surface area contributed by atoms with Gasteiger partial charge in [-0.3, -0.25) is 9.69 Å². The minimum atomic E-state index is -3.52. The standard InChI is InChI=1S/C21H33Cl2N3O4S/c1-3-25-19(27)14-11-13(31(29,30)24-21(2)9-10-21)7-8-18(14)26(20(25)28)12-15-16(22)5-4-6-17(15)23/h13-18,24H,3-12H2,1-2H3. The van der Waals surface area contributed by atoms with E-state index in [-0.39, 0.29) is 53.2 Å². The number of carbonyl (C=O) groups is 2. The minimum Gasteiger partial charge on any atom is -0.320 e. The summed E-state index contributed by atoms with van der Waals surface area (Å²) in [5.74, 6) is -0.794. The molecule has 0 bridgehead atoms. The van der Waals surface area contributed by atoms with Crippen LogP contribution in [0.4, 0.5) is 4.79 Å². The maximum atomic E-state index is 13.2. The van der Waals surface area contributed by atoms with Crippen LogP contribution in [0.25, 0.3) is 0 Å². The van der Waals surface area contributed by atoms with Gasteiger partial charge in [-0.25, -0.2) is 17.9 Å². The summed E-state index contributed by atoms with van der Waals surface area (Å²) in [6.45, 7) is 4.37. The molecule has 0 aromatic rings. The van der Waals surface area contributed by atoms with Crippen molar-refractivity contribution >= 4 is 45.2 Å². The van der Waals surface area contributed by atoms with Crippen LogP contribution in [0.1, 0.15) is 65.2 Å². The van der Waals surface area contributed by atoms with Crippen molar-refractivity contribution in [2.24, 2.45) is 11.8 Å². The molecular formula is C21H33Cl2N3O4S. The maximum absolute atomic E-state index is 13.2. The third kappa shape index (κ3) is 4.59. The van der Waals surface area contributed by atoms with Crippen molar-refractivity contribution in [2.75, 3.05) is 13.1 Å².